The molecule has 0 aliphatic carbocycles. The van der Waals surface area contributed by atoms with Crippen molar-refractivity contribution in [3.8, 4) is 5.75 Å². The van der Waals surface area contributed by atoms with Gasteiger partial charge in [0.2, 0.25) is 0 Å². The Bertz CT molecular complexity index is 731. The van der Waals surface area contributed by atoms with Gasteiger partial charge in [-0.2, -0.15) is 0 Å². The number of hydrogen-bond acceptors (Lipinski definition) is 7. The van der Waals surface area contributed by atoms with Crippen molar-refractivity contribution in [2.45, 2.75) is 10.1 Å². The monoisotopic (exact) mass is 304 g/mol. The number of aromatic nitrogens is 3. The number of hydrogen-bond donors (Lipinski definition) is 1. The van der Waals surface area contributed by atoms with Crippen molar-refractivity contribution in [3.63, 3.8) is 0 Å². The summed E-state index contributed by atoms with van der Waals surface area (Å²) in [6.07, 6.45) is 0. The summed E-state index contributed by atoms with van der Waals surface area (Å²) >= 11 is 3.13. The number of ether oxygens (including phenoxy) is 1. The highest BCUT2D eigenvalue weighted by Crippen LogP contribution is 2.28. The van der Waals surface area contributed by atoms with Gasteiger partial charge in [0.1, 0.15) is 17.1 Å². The molecule has 2 N–H and O–H groups in total. The molecule has 0 aliphatic rings. The number of methoxy groups -OCH3 is 1. The highest BCUT2D eigenvalue weighted by atomic mass is 32.2. The fraction of sp³-hybridized carbons (Fsp3) is 0.154. The standard InChI is InChI=1S/C13H12N4OS2/c1-18-10-3-2-8-4-9(12(14)16-11(8)5-10)6-19-13-17-15-7-20-13/h2-5,7H,6H2,1H3,(H2,14,16). The van der Waals surface area contributed by atoms with Gasteiger partial charge < -0.3 is 10.5 Å². The van der Waals surface area contributed by atoms with E-state index >= 15 is 0 Å². The second kappa shape index (κ2) is 5.64. The van der Waals surface area contributed by atoms with Gasteiger partial charge in [0.15, 0.2) is 4.34 Å². The molecule has 0 radical (unpaired) electrons. The van der Waals surface area contributed by atoms with Crippen LogP contribution in [0.2, 0.25) is 0 Å². The maximum Gasteiger partial charge on any atom is 0.174 e. The van der Waals surface area contributed by atoms with E-state index in [2.05, 4.69) is 21.2 Å². The van der Waals surface area contributed by atoms with Crippen molar-refractivity contribution in [1.29, 1.82) is 0 Å². The molecule has 0 fully saturated rings. The number of rotatable bonds is 4. The van der Waals surface area contributed by atoms with Gasteiger partial charge in [0.25, 0.3) is 0 Å². The van der Waals surface area contributed by atoms with Crippen molar-refractivity contribution in [3.05, 3.63) is 35.3 Å². The number of nitrogens with two attached hydrogens (primary N) is 1. The molecule has 2 aromatic heterocycles. The maximum absolute atomic E-state index is 6.02. The zero-order valence-electron chi connectivity index (χ0n) is 10.7. The maximum atomic E-state index is 6.02. The first-order valence-electron chi connectivity index (χ1n) is 5.88. The normalized spacial score (nSPS) is 10.8. The lowest BCUT2D eigenvalue weighted by Gasteiger charge is -2.07. The third kappa shape index (κ3) is 2.68. The average Bonchev–Trinajstić information content (AvgIpc) is 2.97. The Balaban J connectivity index is 1.89. The quantitative estimate of drug-likeness (QED) is 0.747. The molecule has 0 saturated carbocycles. The van der Waals surface area contributed by atoms with Crippen LogP contribution in [0, 0.1) is 0 Å². The van der Waals surface area contributed by atoms with E-state index in [1.807, 2.05) is 18.2 Å². The average molecular weight is 304 g/mol. The second-order valence-corrected chi connectivity index (χ2v) is 6.14. The minimum Gasteiger partial charge on any atom is -0.497 e. The Morgan fingerprint density at radius 2 is 2.25 bits per heavy atom. The fourth-order valence-corrected chi connectivity index (χ4v) is 3.29. The Morgan fingerprint density at radius 3 is 3.00 bits per heavy atom. The molecule has 20 heavy (non-hydrogen) atoms. The number of nitrogen functional groups attached to an aromatic ring is 1. The molecular formula is C13H12N4OS2. The molecule has 3 aromatic rings. The van der Waals surface area contributed by atoms with Crippen LogP contribution in [0.4, 0.5) is 5.82 Å². The first-order chi connectivity index (χ1) is 9.76. The summed E-state index contributed by atoms with van der Waals surface area (Å²) < 4.78 is 6.12. The first kappa shape index (κ1) is 13.1. The molecule has 0 amide bonds. The lowest BCUT2D eigenvalue weighted by molar-refractivity contribution is 0.415. The van der Waals surface area contributed by atoms with Gasteiger partial charge >= 0.3 is 0 Å². The Kier molecular flexibility index (Phi) is 3.70. The molecular weight excluding hydrogens is 292 g/mol. The SMILES string of the molecule is COc1ccc2cc(CSc3nncs3)c(N)nc2c1. The topological polar surface area (TPSA) is 73.9 Å². The van der Waals surface area contributed by atoms with Crippen molar-refractivity contribution in [1.82, 2.24) is 15.2 Å². The number of fused-ring (bicyclic) bond motifs is 1. The molecule has 0 atom stereocenters. The van der Waals surface area contributed by atoms with E-state index in [0.717, 1.165) is 32.3 Å². The second-order valence-electron chi connectivity index (χ2n) is 4.08. The van der Waals surface area contributed by atoms with E-state index in [1.165, 1.54) is 11.3 Å². The fourth-order valence-electron chi connectivity index (χ4n) is 1.81. The lowest BCUT2D eigenvalue weighted by atomic mass is 10.1. The molecule has 5 nitrogen and oxygen atoms in total. The Morgan fingerprint density at radius 1 is 1.35 bits per heavy atom. The largest absolute Gasteiger partial charge is 0.497 e. The molecule has 0 bridgehead atoms. The Labute approximate surface area is 124 Å². The zero-order chi connectivity index (χ0) is 13.9. The van der Waals surface area contributed by atoms with Gasteiger partial charge in [0.05, 0.1) is 12.6 Å². The summed E-state index contributed by atoms with van der Waals surface area (Å²) in [5, 5.41) is 8.86. The lowest BCUT2D eigenvalue weighted by Crippen LogP contribution is -1.97. The summed E-state index contributed by atoms with van der Waals surface area (Å²) in [6.45, 7) is 0. The summed E-state index contributed by atoms with van der Waals surface area (Å²) in [5.74, 6) is 2.05. The molecule has 0 saturated heterocycles. The van der Waals surface area contributed by atoms with Crippen LogP contribution in [-0.2, 0) is 5.75 Å². The zero-order valence-corrected chi connectivity index (χ0v) is 12.4. The summed E-state index contributed by atoms with van der Waals surface area (Å²) in [7, 11) is 1.64. The van der Waals surface area contributed by atoms with Crippen LogP contribution in [0.15, 0.2) is 34.1 Å². The van der Waals surface area contributed by atoms with Gasteiger partial charge in [-0.15, -0.1) is 10.2 Å². The number of benzene rings is 1. The highest BCUT2D eigenvalue weighted by molar-refractivity contribution is 8.00. The van der Waals surface area contributed by atoms with E-state index in [9.17, 15) is 0 Å². The van der Waals surface area contributed by atoms with Crippen LogP contribution < -0.4 is 10.5 Å². The Hall–Kier alpha value is -1.86. The van der Waals surface area contributed by atoms with Gasteiger partial charge in [-0.1, -0.05) is 23.1 Å². The van der Waals surface area contributed by atoms with Crippen LogP contribution >= 0.6 is 23.1 Å². The molecule has 0 unspecified atom stereocenters. The molecule has 102 valence electrons. The van der Waals surface area contributed by atoms with Crippen LogP contribution in [0.25, 0.3) is 10.9 Å². The van der Waals surface area contributed by atoms with Gasteiger partial charge in [-0.25, -0.2) is 4.98 Å². The molecule has 7 heteroatoms. The van der Waals surface area contributed by atoms with E-state index in [-0.39, 0.29) is 0 Å². The minimum absolute atomic E-state index is 0.544. The summed E-state index contributed by atoms with van der Waals surface area (Å²) in [5.41, 5.74) is 9.58. The predicted molar refractivity (Wildman–Crippen MR) is 82.2 cm³/mol. The third-order valence-corrected chi connectivity index (χ3v) is 4.74. The van der Waals surface area contributed by atoms with Crippen LogP contribution in [0.3, 0.4) is 0 Å². The minimum atomic E-state index is 0.544. The molecule has 2 heterocycles. The van der Waals surface area contributed by atoms with Crippen molar-refractivity contribution < 1.29 is 4.74 Å². The van der Waals surface area contributed by atoms with E-state index < -0.39 is 0 Å². The van der Waals surface area contributed by atoms with Crippen molar-refractivity contribution in [2.24, 2.45) is 0 Å². The van der Waals surface area contributed by atoms with E-state index in [1.54, 1.807) is 24.4 Å². The summed E-state index contributed by atoms with van der Waals surface area (Å²) in [4.78, 5) is 4.44. The third-order valence-electron chi connectivity index (χ3n) is 2.83. The highest BCUT2D eigenvalue weighted by Gasteiger charge is 2.07. The molecule has 1 aromatic carbocycles. The van der Waals surface area contributed by atoms with Gasteiger partial charge in [-0.3, -0.25) is 0 Å². The number of nitrogens with zero attached hydrogens (tertiary/aromatic N) is 3. The number of thioether (sulfide) groups is 1. The van der Waals surface area contributed by atoms with E-state index in [0.29, 0.717) is 5.82 Å². The molecule has 3 rings (SSSR count). The smallest absolute Gasteiger partial charge is 0.174 e. The number of pyridine rings is 1. The first-order valence-corrected chi connectivity index (χ1v) is 7.75. The van der Waals surface area contributed by atoms with Crippen LogP contribution in [-0.4, -0.2) is 22.3 Å². The van der Waals surface area contributed by atoms with Crippen molar-refractivity contribution in [2.75, 3.05) is 12.8 Å². The predicted octanol–water partition coefficient (Wildman–Crippen LogP) is 2.97. The van der Waals surface area contributed by atoms with Gasteiger partial charge in [-0.05, 0) is 18.2 Å². The molecule has 0 aliphatic heterocycles. The van der Waals surface area contributed by atoms with Crippen molar-refractivity contribution >= 4 is 39.8 Å². The van der Waals surface area contributed by atoms with Gasteiger partial charge in [0, 0.05) is 22.8 Å². The van der Waals surface area contributed by atoms with Crippen LogP contribution in [0.1, 0.15) is 5.56 Å². The number of anilines is 1. The van der Waals surface area contributed by atoms with Crippen LogP contribution in [0.5, 0.6) is 5.75 Å². The summed E-state index contributed by atoms with van der Waals surface area (Å²) in [6, 6.07) is 7.85. The van der Waals surface area contributed by atoms with E-state index in [4.69, 9.17) is 10.5 Å². The molecule has 0 spiro atoms.